The van der Waals surface area contributed by atoms with Crippen molar-refractivity contribution in [3.8, 4) is 6.07 Å². The fourth-order valence-corrected chi connectivity index (χ4v) is 3.51. The minimum absolute atomic E-state index is 0.271. The Morgan fingerprint density at radius 3 is 2.71 bits per heavy atom. The Balaban J connectivity index is 1.85. The molecular weight excluding hydrogens is 210 g/mol. The van der Waals surface area contributed by atoms with Crippen LogP contribution in [0.4, 0.5) is 0 Å². The van der Waals surface area contributed by atoms with Gasteiger partial charge in [0, 0.05) is 19.1 Å². The lowest BCUT2D eigenvalue weighted by Gasteiger charge is -2.36. The SMILES string of the molecule is CN1CCC(CN(C)C2CCCCC2C#N)C1. The predicted molar refractivity (Wildman–Crippen MR) is 69.6 cm³/mol. The van der Waals surface area contributed by atoms with Gasteiger partial charge >= 0.3 is 0 Å². The molecule has 3 unspecified atom stereocenters. The molecule has 1 saturated carbocycles. The van der Waals surface area contributed by atoms with Crippen molar-refractivity contribution in [1.82, 2.24) is 9.80 Å². The molecule has 0 aromatic carbocycles. The number of hydrogen-bond acceptors (Lipinski definition) is 3. The van der Waals surface area contributed by atoms with Crippen LogP contribution in [0, 0.1) is 23.2 Å². The van der Waals surface area contributed by atoms with Crippen LogP contribution in [0.5, 0.6) is 0 Å². The highest BCUT2D eigenvalue weighted by atomic mass is 15.2. The normalized spacial score (nSPS) is 35.1. The predicted octanol–water partition coefficient (Wildman–Crippen LogP) is 1.95. The van der Waals surface area contributed by atoms with Gasteiger partial charge in [-0.05, 0) is 45.8 Å². The van der Waals surface area contributed by atoms with E-state index in [0.29, 0.717) is 6.04 Å². The highest BCUT2D eigenvalue weighted by Crippen LogP contribution is 2.28. The van der Waals surface area contributed by atoms with Gasteiger partial charge in [-0.3, -0.25) is 0 Å². The summed E-state index contributed by atoms with van der Waals surface area (Å²) in [6.45, 7) is 3.65. The molecule has 1 aliphatic heterocycles. The first-order valence-electron chi connectivity index (χ1n) is 6.99. The van der Waals surface area contributed by atoms with Crippen LogP contribution in [0.3, 0.4) is 0 Å². The van der Waals surface area contributed by atoms with Crippen molar-refractivity contribution >= 4 is 0 Å². The van der Waals surface area contributed by atoms with Gasteiger partial charge in [-0.15, -0.1) is 0 Å². The molecule has 0 aromatic heterocycles. The van der Waals surface area contributed by atoms with E-state index >= 15 is 0 Å². The second-order valence-corrected chi connectivity index (χ2v) is 5.94. The number of nitrogens with zero attached hydrogens (tertiary/aromatic N) is 3. The number of rotatable bonds is 3. The molecule has 1 aliphatic carbocycles. The highest BCUT2D eigenvalue weighted by molar-refractivity contribution is 4.95. The lowest BCUT2D eigenvalue weighted by atomic mass is 9.84. The smallest absolute Gasteiger partial charge is 0.0672 e. The Morgan fingerprint density at radius 1 is 1.29 bits per heavy atom. The fraction of sp³-hybridized carbons (Fsp3) is 0.929. The average Bonchev–Trinajstić information content (AvgIpc) is 2.74. The lowest BCUT2D eigenvalue weighted by Crippen LogP contribution is -2.42. The summed E-state index contributed by atoms with van der Waals surface area (Å²) in [7, 11) is 4.43. The summed E-state index contributed by atoms with van der Waals surface area (Å²) < 4.78 is 0. The molecule has 3 nitrogen and oxygen atoms in total. The zero-order chi connectivity index (χ0) is 12.3. The number of nitriles is 1. The van der Waals surface area contributed by atoms with Gasteiger partial charge in [0.05, 0.1) is 12.0 Å². The van der Waals surface area contributed by atoms with Crippen molar-refractivity contribution in [3.63, 3.8) is 0 Å². The summed E-state index contributed by atoms with van der Waals surface area (Å²) in [6, 6.07) is 3.03. The van der Waals surface area contributed by atoms with Gasteiger partial charge in [0.1, 0.15) is 0 Å². The highest BCUT2D eigenvalue weighted by Gasteiger charge is 2.30. The van der Waals surface area contributed by atoms with Crippen LogP contribution in [0.25, 0.3) is 0 Å². The maximum absolute atomic E-state index is 9.23. The summed E-state index contributed by atoms with van der Waals surface area (Å²) in [6.07, 6.45) is 6.20. The first kappa shape index (κ1) is 12.9. The number of hydrogen-bond donors (Lipinski definition) is 0. The monoisotopic (exact) mass is 235 g/mol. The minimum atomic E-state index is 0.271. The maximum atomic E-state index is 9.23. The van der Waals surface area contributed by atoms with Gasteiger partial charge in [-0.1, -0.05) is 12.8 Å². The van der Waals surface area contributed by atoms with E-state index in [1.807, 2.05) is 0 Å². The van der Waals surface area contributed by atoms with E-state index in [1.54, 1.807) is 0 Å². The first-order valence-corrected chi connectivity index (χ1v) is 6.99. The molecule has 0 radical (unpaired) electrons. The largest absolute Gasteiger partial charge is 0.306 e. The topological polar surface area (TPSA) is 30.3 Å². The van der Waals surface area contributed by atoms with Crippen LogP contribution in [0.1, 0.15) is 32.1 Å². The van der Waals surface area contributed by atoms with Crippen LogP contribution >= 0.6 is 0 Å². The molecule has 0 spiro atoms. The number of likely N-dealkylation sites (tertiary alicyclic amines) is 1. The van der Waals surface area contributed by atoms with Crippen LogP contribution < -0.4 is 0 Å². The van der Waals surface area contributed by atoms with Crippen LogP contribution in [0.2, 0.25) is 0 Å². The summed E-state index contributed by atoms with van der Waals surface area (Å²) >= 11 is 0. The zero-order valence-corrected chi connectivity index (χ0v) is 11.2. The molecule has 2 fully saturated rings. The van der Waals surface area contributed by atoms with Crippen molar-refractivity contribution < 1.29 is 0 Å². The van der Waals surface area contributed by atoms with Gasteiger partial charge in [0.2, 0.25) is 0 Å². The van der Waals surface area contributed by atoms with Crippen molar-refractivity contribution in [2.45, 2.75) is 38.1 Å². The molecular formula is C14H25N3. The van der Waals surface area contributed by atoms with Gasteiger partial charge < -0.3 is 9.80 Å². The summed E-state index contributed by atoms with van der Waals surface area (Å²) in [5, 5.41) is 9.23. The molecule has 3 heteroatoms. The Labute approximate surface area is 105 Å². The third-order valence-electron chi connectivity index (χ3n) is 4.50. The van der Waals surface area contributed by atoms with Crippen molar-refractivity contribution in [2.24, 2.45) is 11.8 Å². The van der Waals surface area contributed by atoms with E-state index in [1.165, 1.54) is 45.3 Å². The fourth-order valence-electron chi connectivity index (χ4n) is 3.51. The molecule has 0 aromatic rings. The quantitative estimate of drug-likeness (QED) is 0.749. The first-order chi connectivity index (χ1) is 8.20. The van der Waals surface area contributed by atoms with E-state index in [2.05, 4.69) is 30.0 Å². The third-order valence-corrected chi connectivity index (χ3v) is 4.50. The Morgan fingerprint density at radius 2 is 2.06 bits per heavy atom. The van der Waals surface area contributed by atoms with Crippen molar-refractivity contribution in [1.29, 1.82) is 5.26 Å². The van der Waals surface area contributed by atoms with E-state index in [4.69, 9.17) is 0 Å². The van der Waals surface area contributed by atoms with E-state index < -0.39 is 0 Å². The minimum Gasteiger partial charge on any atom is -0.306 e. The molecule has 96 valence electrons. The van der Waals surface area contributed by atoms with Gasteiger partial charge in [-0.25, -0.2) is 0 Å². The van der Waals surface area contributed by atoms with Gasteiger partial charge in [0.25, 0.3) is 0 Å². The zero-order valence-electron chi connectivity index (χ0n) is 11.2. The Hall–Kier alpha value is -0.590. The van der Waals surface area contributed by atoms with Crippen LogP contribution in [-0.4, -0.2) is 49.6 Å². The van der Waals surface area contributed by atoms with E-state index in [-0.39, 0.29) is 5.92 Å². The summed E-state index contributed by atoms with van der Waals surface area (Å²) in [5.74, 6) is 1.08. The van der Waals surface area contributed by atoms with Gasteiger partial charge in [0.15, 0.2) is 0 Å². The summed E-state index contributed by atoms with van der Waals surface area (Å²) in [5.41, 5.74) is 0. The summed E-state index contributed by atoms with van der Waals surface area (Å²) in [4.78, 5) is 4.89. The standard InChI is InChI=1S/C14H25N3/c1-16-8-7-12(10-16)11-17(2)14-6-4-3-5-13(14)9-15/h12-14H,3-8,10-11H2,1-2H3. The van der Waals surface area contributed by atoms with Gasteiger partial charge in [-0.2, -0.15) is 5.26 Å². The van der Waals surface area contributed by atoms with E-state index in [0.717, 1.165) is 12.3 Å². The van der Waals surface area contributed by atoms with Crippen molar-refractivity contribution in [2.75, 3.05) is 33.7 Å². The third kappa shape index (κ3) is 3.20. The Kier molecular flexibility index (Phi) is 4.42. The molecule has 0 N–H and O–H groups in total. The Bertz CT molecular complexity index is 284. The molecule has 3 atom stereocenters. The van der Waals surface area contributed by atoms with Crippen LogP contribution in [-0.2, 0) is 0 Å². The molecule has 2 rings (SSSR count). The molecule has 0 bridgehead atoms. The molecule has 17 heavy (non-hydrogen) atoms. The maximum Gasteiger partial charge on any atom is 0.0672 e. The van der Waals surface area contributed by atoms with E-state index in [9.17, 15) is 5.26 Å². The second kappa shape index (κ2) is 5.84. The molecule has 1 saturated heterocycles. The van der Waals surface area contributed by atoms with Crippen LogP contribution in [0.15, 0.2) is 0 Å². The average molecular weight is 235 g/mol. The van der Waals surface area contributed by atoms with Crippen molar-refractivity contribution in [3.05, 3.63) is 0 Å². The lowest BCUT2D eigenvalue weighted by molar-refractivity contribution is 0.138. The second-order valence-electron chi connectivity index (χ2n) is 5.94. The molecule has 0 amide bonds. The molecule has 2 aliphatic rings. The molecule has 1 heterocycles.